The van der Waals surface area contributed by atoms with Gasteiger partial charge in [-0.2, -0.15) is 0 Å². The molecule has 2 fully saturated rings. The number of benzene rings is 1. The molecule has 10 N–H and O–H groups in total. The molecule has 2 saturated heterocycles. The van der Waals surface area contributed by atoms with Crippen LogP contribution in [0.25, 0.3) is 0 Å². The number of hydrogen-bond donors (Lipinski definition) is 8. The van der Waals surface area contributed by atoms with Gasteiger partial charge in [-0.3, -0.25) is 41.1 Å². The van der Waals surface area contributed by atoms with E-state index in [0.29, 0.717) is 5.75 Å². The molecule has 14 heteroatoms. The second-order valence-corrected chi connectivity index (χ2v) is 9.06. The molecule has 14 nitrogen and oxygen atoms in total. The van der Waals surface area contributed by atoms with Crippen LogP contribution in [0.15, 0.2) is 24.3 Å². The average molecular weight is 489 g/mol. The Bertz CT molecular complexity index is 1170. The van der Waals surface area contributed by atoms with Crippen molar-refractivity contribution in [1.82, 2.24) is 20.9 Å². The molecule has 35 heavy (non-hydrogen) atoms. The van der Waals surface area contributed by atoms with E-state index in [-0.39, 0.29) is 55.2 Å². The highest BCUT2D eigenvalue weighted by Crippen LogP contribution is 2.38. The van der Waals surface area contributed by atoms with Gasteiger partial charge in [-0.05, 0) is 18.2 Å². The number of carbonyl (C=O) groups excluding carboxylic acids is 3. The molecule has 1 aromatic rings. The van der Waals surface area contributed by atoms with Crippen molar-refractivity contribution in [2.24, 2.45) is 11.5 Å². The lowest BCUT2D eigenvalue weighted by Gasteiger charge is -2.41. The fraction of sp³-hybridized carbons (Fsp3) is 0.476. The lowest BCUT2D eigenvalue weighted by molar-refractivity contribution is -0.674. The minimum atomic E-state index is -2.58. The Kier molecular flexibility index (Phi) is 5.10. The molecule has 0 aliphatic carbocycles. The van der Waals surface area contributed by atoms with E-state index in [4.69, 9.17) is 16.2 Å². The quantitative estimate of drug-likeness (QED) is 0.112. The van der Waals surface area contributed by atoms with Gasteiger partial charge >= 0.3 is 11.9 Å². The number of amides is 3. The molecular weight excluding hydrogens is 460 g/mol. The molecule has 0 radical (unpaired) electrons. The molecule has 186 valence electrons. The molecule has 5 rings (SSSR count). The molecule has 4 atom stereocenters. The van der Waals surface area contributed by atoms with E-state index >= 15 is 0 Å². The van der Waals surface area contributed by atoms with E-state index in [0.717, 1.165) is 4.90 Å². The molecule has 4 aliphatic rings. The third-order valence-corrected chi connectivity index (χ3v) is 7.12. The third-order valence-electron chi connectivity index (χ3n) is 7.12. The van der Waals surface area contributed by atoms with Crippen LogP contribution in [0, 0.1) is 0 Å². The maximum Gasteiger partial charge on any atom is 0.347 e. The summed E-state index contributed by atoms with van der Waals surface area (Å²) in [6.07, 6.45) is 0.240. The normalized spacial score (nSPS) is 30.9. The molecule has 4 heterocycles. The van der Waals surface area contributed by atoms with Crippen molar-refractivity contribution in [1.29, 1.82) is 0 Å². The van der Waals surface area contributed by atoms with Crippen molar-refractivity contribution in [3.8, 4) is 5.75 Å². The van der Waals surface area contributed by atoms with Gasteiger partial charge in [0.05, 0.1) is 20.2 Å². The first kappa shape index (κ1) is 22.9. The zero-order valence-electron chi connectivity index (χ0n) is 18.9. The minimum absolute atomic E-state index is 0.0489. The Balaban J connectivity index is 1.46. The number of hydrogen-bond acceptors (Lipinski definition) is 10. The zero-order chi connectivity index (χ0) is 25.1. The molecule has 0 saturated carbocycles. The first-order chi connectivity index (χ1) is 16.6. The number of aliphatic hydroxyl groups is 2. The van der Waals surface area contributed by atoms with Gasteiger partial charge in [0.1, 0.15) is 17.8 Å². The summed E-state index contributed by atoms with van der Waals surface area (Å²) in [5.74, 6) is -3.17. The lowest BCUT2D eigenvalue weighted by atomic mass is 9.85. The van der Waals surface area contributed by atoms with Crippen LogP contribution < -0.4 is 37.1 Å². The predicted octanol–water partition coefficient (Wildman–Crippen LogP) is -6.00. The van der Waals surface area contributed by atoms with E-state index in [9.17, 15) is 24.6 Å². The SMILES string of the molecule is COc1cccc(C(=O)NC2C[N+]3=C(N)N[C@@H](CN4C(=O)CCC4=O)[C@@H]4[NH+]=C(N)N[C@@]43C2(O)O)c1. The standard InChI is InChI=1S/C21H26N8O6/c1-35-11-4-2-3-10(7-11)17(32)25-13-9-29-19(23)24-12(8-28-14(30)5-6-15(28)31)16-20(29,21(13,33)34)27-18(22)26-16/h2-4,7,12-13,16,33-34H,5-6,8-9H2,1H3,(H6,22,23,24,25,26,27,32)/p+2/t12-,13?,16-,20-/m0/s1. The molecule has 0 bridgehead atoms. The summed E-state index contributed by atoms with van der Waals surface area (Å²) in [7, 11) is 1.47. The number of imide groups is 1. The molecular formula is C21H28N8O6+2. The average Bonchev–Trinajstić information content (AvgIpc) is 3.42. The van der Waals surface area contributed by atoms with E-state index in [1.54, 1.807) is 18.2 Å². The van der Waals surface area contributed by atoms with E-state index in [2.05, 4.69) is 20.9 Å². The van der Waals surface area contributed by atoms with Crippen LogP contribution in [-0.2, 0) is 9.59 Å². The highest BCUT2D eigenvalue weighted by molar-refractivity contribution is 6.02. The number of ether oxygens (including phenoxy) is 1. The van der Waals surface area contributed by atoms with E-state index in [1.165, 1.54) is 17.8 Å². The van der Waals surface area contributed by atoms with Crippen LogP contribution in [0.5, 0.6) is 5.75 Å². The molecule has 1 spiro atoms. The topological polar surface area (TPSA) is 209 Å². The van der Waals surface area contributed by atoms with Gasteiger partial charge in [0.15, 0.2) is 6.04 Å². The Labute approximate surface area is 199 Å². The number of methoxy groups -OCH3 is 1. The Hall–Kier alpha value is -3.91. The lowest BCUT2D eigenvalue weighted by Crippen LogP contribution is -2.92. The van der Waals surface area contributed by atoms with Crippen molar-refractivity contribution in [3.05, 3.63) is 29.8 Å². The number of nitrogens with two attached hydrogens (primary N) is 2. The zero-order valence-corrected chi connectivity index (χ0v) is 18.9. The highest BCUT2D eigenvalue weighted by atomic mass is 16.5. The molecule has 3 amide bonds. The molecule has 0 aromatic heterocycles. The van der Waals surface area contributed by atoms with Crippen molar-refractivity contribution in [3.63, 3.8) is 0 Å². The van der Waals surface area contributed by atoms with Crippen molar-refractivity contribution < 1.29 is 38.9 Å². The molecule has 1 unspecified atom stereocenters. The number of nitrogens with zero attached hydrogens (tertiary/aromatic N) is 2. The maximum atomic E-state index is 13.0. The summed E-state index contributed by atoms with van der Waals surface area (Å²) in [5.41, 5.74) is 10.9. The minimum Gasteiger partial charge on any atom is -0.497 e. The van der Waals surface area contributed by atoms with Gasteiger partial charge in [-0.1, -0.05) is 6.07 Å². The van der Waals surface area contributed by atoms with E-state index in [1.807, 2.05) is 0 Å². The number of rotatable bonds is 5. The van der Waals surface area contributed by atoms with Crippen LogP contribution in [0.3, 0.4) is 0 Å². The van der Waals surface area contributed by atoms with Gasteiger partial charge in [0, 0.05) is 18.4 Å². The maximum absolute atomic E-state index is 13.0. The smallest absolute Gasteiger partial charge is 0.347 e. The summed E-state index contributed by atoms with van der Waals surface area (Å²) >= 11 is 0. The van der Waals surface area contributed by atoms with Crippen LogP contribution in [0.2, 0.25) is 0 Å². The van der Waals surface area contributed by atoms with Crippen LogP contribution in [0.4, 0.5) is 0 Å². The Morgan fingerprint density at radius 2 is 2.03 bits per heavy atom. The summed E-state index contributed by atoms with van der Waals surface area (Å²) < 4.78 is 6.63. The van der Waals surface area contributed by atoms with Gasteiger partial charge in [0.25, 0.3) is 17.4 Å². The van der Waals surface area contributed by atoms with Crippen LogP contribution >= 0.6 is 0 Å². The summed E-state index contributed by atoms with van der Waals surface area (Å²) in [6, 6.07) is 3.67. The van der Waals surface area contributed by atoms with Gasteiger partial charge in [-0.15, -0.1) is 0 Å². The second kappa shape index (κ2) is 7.81. The third kappa shape index (κ3) is 3.28. The summed E-state index contributed by atoms with van der Waals surface area (Å²) in [6.45, 7) is -0.133. The monoisotopic (exact) mass is 488 g/mol. The predicted molar refractivity (Wildman–Crippen MR) is 118 cm³/mol. The van der Waals surface area contributed by atoms with E-state index < -0.39 is 35.5 Å². The molecule has 1 aromatic carbocycles. The van der Waals surface area contributed by atoms with Gasteiger partial charge < -0.3 is 20.3 Å². The first-order valence-electron chi connectivity index (χ1n) is 11.1. The first-order valence-corrected chi connectivity index (χ1v) is 11.1. The number of carbonyl (C=O) groups is 3. The Morgan fingerprint density at radius 3 is 2.71 bits per heavy atom. The van der Waals surface area contributed by atoms with Crippen LogP contribution in [0.1, 0.15) is 23.2 Å². The Morgan fingerprint density at radius 1 is 1.31 bits per heavy atom. The fourth-order valence-electron chi connectivity index (χ4n) is 5.42. The largest absolute Gasteiger partial charge is 0.497 e. The highest BCUT2D eigenvalue weighted by Gasteiger charge is 2.78. The number of nitrogens with one attached hydrogen (secondary N) is 4. The van der Waals surface area contributed by atoms with Gasteiger partial charge in [0.2, 0.25) is 11.8 Å². The number of likely N-dealkylation sites (tertiary alicyclic amines) is 1. The second-order valence-electron chi connectivity index (χ2n) is 9.06. The van der Waals surface area contributed by atoms with Crippen molar-refractivity contribution in [2.75, 3.05) is 20.2 Å². The van der Waals surface area contributed by atoms with Gasteiger partial charge in [-0.25, -0.2) is 9.89 Å². The molecule has 4 aliphatic heterocycles. The van der Waals surface area contributed by atoms with Crippen LogP contribution in [-0.4, -0.2) is 99.1 Å². The number of guanidine groups is 2. The summed E-state index contributed by atoms with van der Waals surface area (Å²) in [4.78, 5) is 41.5. The van der Waals surface area contributed by atoms with Crippen molar-refractivity contribution >= 4 is 29.6 Å². The summed E-state index contributed by atoms with van der Waals surface area (Å²) in [5, 5.41) is 31.6. The fourth-order valence-corrected chi connectivity index (χ4v) is 5.42. The van der Waals surface area contributed by atoms with Crippen molar-refractivity contribution in [2.45, 2.75) is 42.4 Å².